The number of para-hydroxylation sites is 2. The van der Waals surface area contributed by atoms with Crippen molar-refractivity contribution in [1.29, 1.82) is 0 Å². The Balaban J connectivity index is 1.46. The average molecular weight is 569 g/mol. The molecule has 0 bridgehead atoms. The molecule has 1 aliphatic heterocycles. The van der Waals surface area contributed by atoms with Crippen molar-refractivity contribution in [3.8, 4) is 23.0 Å². The Labute approximate surface area is 233 Å². The maximum atomic E-state index is 12.8. The van der Waals surface area contributed by atoms with Crippen LogP contribution in [0.25, 0.3) is 11.5 Å². The van der Waals surface area contributed by atoms with Gasteiger partial charge >= 0.3 is 6.36 Å². The van der Waals surface area contributed by atoms with Crippen LogP contribution in [0, 0.1) is 5.41 Å². The molecule has 0 spiro atoms. The van der Waals surface area contributed by atoms with Gasteiger partial charge in [-0.25, -0.2) is 0 Å². The van der Waals surface area contributed by atoms with Gasteiger partial charge in [-0.3, -0.25) is 4.79 Å². The third-order valence-corrected chi connectivity index (χ3v) is 7.13. The van der Waals surface area contributed by atoms with Crippen LogP contribution in [0.5, 0.6) is 11.5 Å². The summed E-state index contributed by atoms with van der Waals surface area (Å²) in [5.41, 5.74) is -0.546. The number of methoxy groups -OCH3 is 1. The molecule has 1 saturated heterocycles. The normalized spacial score (nSPS) is 16.4. The van der Waals surface area contributed by atoms with Crippen molar-refractivity contribution < 1.29 is 37.1 Å². The van der Waals surface area contributed by atoms with Crippen molar-refractivity contribution in [1.82, 2.24) is 15.0 Å². The van der Waals surface area contributed by atoms with Gasteiger partial charge in [0.2, 0.25) is 0 Å². The number of halogens is 3. The summed E-state index contributed by atoms with van der Waals surface area (Å²) in [6.45, 7) is 2.97. The summed E-state index contributed by atoms with van der Waals surface area (Å²) in [4.78, 5) is 19.1. The number of benzene rings is 3. The summed E-state index contributed by atoms with van der Waals surface area (Å²) in [6, 6.07) is 18.8. The first-order chi connectivity index (χ1) is 19.4. The lowest BCUT2D eigenvalue weighted by atomic mass is 9.62. The number of rotatable bonds is 8. The number of ether oxygens (including phenoxy) is 2. The second-order valence-corrected chi connectivity index (χ2v) is 10.2. The van der Waals surface area contributed by atoms with Gasteiger partial charge in [0, 0.05) is 24.1 Å². The minimum atomic E-state index is -4.83. The van der Waals surface area contributed by atoms with Crippen molar-refractivity contribution in [3.63, 3.8) is 0 Å². The van der Waals surface area contributed by atoms with Crippen molar-refractivity contribution in [2.24, 2.45) is 5.41 Å². The van der Waals surface area contributed by atoms with Crippen LogP contribution >= 0.6 is 0 Å². The first-order valence-electron chi connectivity index (χ1n) is 12.6. The summed E-state index contributed by atoms with van der Waals surface area (Å²) < 4.78 is 52.8. The van der Waals surface area contributed by atoms with E-state index in [2.05, 4.69) is 20.2 Å². The zero-order valence-electron chi connectivity index (χ0n) is 22.4. The number of aromatic nitrogens is 2. The number of amides is 1. The number of carbonyl (C=O) groups is 1. The molecule has 1 atom stereocenters. The van der Waals surface area contributed by atoms with E-state index in [1.165, 1.54) is 31.4 Å². The first-order valence-corrected chi connectivity index (χ1v) is 12.6. The highest BCUT2D eigenvalue weighted by Crippen LogP contribution is 2.50. The van der Waals surface area contributed by atoms with E-state index < -0.39 is 29.0 Å². The second kappa shape index (κ2) is 10.5. The van der Waals surface area contributed by atoms with E-state index in [-0.39, 0.29) is 11.7 Å². The fraction of sp³-hybridized carbons (Fsp3) is 0.276. The molecule has 5 rings (SSSR count). The van der Waals surface area contributed by atoms with Crippen molar-refractivity contribution in [2.45, 2.75) is 18.9 Å². The van der Waals surface area contributed by atoms with Crippen LogP contribution in [0.4, 0.5) is 18.9 Å². The molecule has 1 aliphatic rings. The van der Waals surface area contributed by atoms with Gasteiger partial charge < -0.3 is 29.3 Å². The number of likely N-dealkylation sites (tertiary alicyclic amines) is 1. The van der Waals surface area contributed by atoms with Crippen LogP contribution in [-0.4, -0.2) is 59.7 Å². The number of nitrogens with zero attached hydrogens (tertiary/aromatic N) is 3. The Morgan fingerprint density at radius 3 is 2.41 bits per heavy atom. The van der Waals surface area contributed by atoms with Crippen LogP contribution in [-0.2, 0) is 5.60 Å². The number of carbonyl (C=O) groups excluding carboxylic acids is 1. The molecule has 0 radical (unpaired) electrons. The summed E-state index contributed by atoms with van der Waals surface area (Å²) in [5, 5.41) is 18.8. The molecular weight excluding hydrogens is 541 g/mol. The summed E-state index contributed by atoms with van der Waals surface area (Å²) in [5.74, 6) is -0.699. The van der Waals surface area contributed by atoms with E-state index in [4.69, 9.17) is 9.26 Å². The zero-order valence-corrected chi connectivity index (χ0v) is 22.4. The predicted molar refractivity (Wildman–Crippen MR) is 142 cm³/mol. The standard InChI is InChI=1S/C29H27F3N4O5/c1-27(16-36(2)17-27)28(38,19-11-13-21(14-12-19)40-29(30,31)32)20-8-6-7-18(15-20)26-34-24(35-41-26)25(37)33-22-9-4-5-10-23(22)39-3/h4-15,38H,16-17H2,1-3H3,(H,33,37)/t28-/m0/s1. The minimum Gasteiger partial charge on any atom is -0.495 e. The van der Waals surface area contributed by atoms with Crippen molar-refractivity contribution in [3.05, 3.63) is 89.7 Å². The maximum absolute atomic E-state index is 12.8. The third-order valence-electron chi connectivity index (χ3n) is 7.13. The van der Waals surface area contributed by atoms with Gasteiger partial charge in [0.05, 0.1) is 12.8 Å². The van der Waals surface area contributed by atoms with E-state index in [0.717, 1.165) is 0 Å². The molecule has 2 N–H and O–H groups in total. The van der Waals surface area contributed by atoms with Crippen LogP contribution < -0.4 is 14.8 Å². The Morgan fingerprint density at radius 1 is 1.05 bits per heavy atom. The van der Waals surface area contributed by atoms with E-state index >= 15 is 0 Å². The van der Waals surface area contributed by atoms with Gasteiger partial charge in [-0.05, 0) is 54.6 Å². The molecule has 9 nitrogen and oxygen atoms in total. The van der Waals surface area contributed by atoms with E-state index in [9.17, 15) is 23.1 Å². The van der Waals surface area contributed by atoms with Crippen LogP contribution in [0.3, 0.4) is 0 Å². The van der Waals surface area contributed by atoms with Gasteiger partial charge in [-0.15, -0.1) is 13.2 Å². The molecule has 1 aromatic heterocycles. The first kappa shape index (κ1) is 28.1. The molecular formula is C29H27F3N4O5. The lowest BCUT2D eigenvalue weighted by Gasteiger charge is -2.56. The molecule has 0 unspecified atom stereocenters. The predicted octanol–water partition coefficient (Wildman–Crippen LogP) is 5.08. The minimum absolute atomic E-state index is 0.0455. The fourth-order valence-corrected chi connectivity index (χ4v) is 5.37. The molecule has 12 heteroatoms. The molecule has 0 saturated carbocycles. The molecule has 1 amide bonds. The Kier molecular flexibility index (Phi) is 7.22. The van der Waals surface area contributed by atoms with Gasteiger partial charge in [0.15, 0.2) is 0 Å². The molecule has 1 fully saturated rings. The molecule has 0 aliphatic carbocycles. The molecule has 3 aromatic carbocycles. The van der Waals surface area contributed by atoms with Gasteiger partial charge in [0.25, 0.3) is 17.6 Å². The van der Waals surface area contributed by atoms with E-state index in [1.807, 2.05) is 18.9 Å². The molecule has 2 heterocycles. The summed E-state index contributed by atoms with van der Waals surface area (Å²) in [6.07, 6.45) is -4.83. The van der Waals surface area contributed by atoms with Gasteiger partial charge in [0.1, 0.15) is 17.1 Å². The topological polar surface area (TPSA) is 110 Å². The van der Waals surface area contributed by atoms with Gasteiger partial charge in [-0.2, -0.15) is 4.98 Å². The van der Waals surface area contributed by atoms with Crippen molar-refractivity contribution >= 4 is 11.6 Å². The zero-order chi connectivity index (χ0) is 29.4. The van der Waals surface area contributed by atoms with Crippen molar-refractivity contribution in [2.75, 3.05) is 32.6 Å². The SMILES string of the molecule is COc1ccccc1NC(=O)c1noc(-c2cccc([C@@](O)(c3ccc(OC(F)(F)F)cc3)C3(C)CN(C)C3)c2)n1. The van der Waals surface area contributed by atoms with E-state index in [0.29, 0.717) is 41.2 Å². The lowest BCUT2D eigenvalue weighted by Crippen LogP contribution is -2.63. The number of aliphatic hydroxyl groups is 1. The Hall–Kier alpha value is -4.42. The average Bonchev–Trinajstić information content (AvgIpc) is 3.42. The number of hydrogen-bond acceptors (Lipinski definition) is 8. The van der Waals surface area contributed by atoms with E-state index in [1.54, 1.807) is 48.5 Å². The Morgan fingerprint density at radius 2 is 1.76 bits per heavy atom. The quantitative estimate of drug-likeness (QED) is 0.303. The highest BCUT2D eigenvalue weighted by molar-refractivity contribution is 6.02. The Bertz CT molecular complexity index is 1550. The number of hydrogen-bond donors (Lipinski definition) is 2. The largest absolute Gasteiger partial charge is 0.573 e. The van der Waals surface area contributed by atoms with Gasteiger partial charge in [-0.1, -0.05) is 48.5 Å². The molecule has 4 aromatic rings. The highest BCUT2D eigenvalue weighted by atomic mass is 19.4. The summed E-state index contributed by atoms with van der Waals surface area (Å²) >= 11 is 0. The monoisotopic (exact) mass is 568 g/mol. The lowest BCUT2D eigenvalue weighted by molar-refractivity contribution is -0.274. The maximum Gasteiger partial charge on any atom is 0.573 e. The highest BCUT2D eigenvalue weighted by Gasteiger charge is 2.55. The number of alkyl halides is 3. The van der Waals surface area contributed by atoms with Crippen LogP contribution in [0.2, 0.25) is 0 Å². The molecule has 41 heavy (non-hydrogen) atoms. The smallest absolute Gasteiger partial charge is 0.495 e. The third kappa shape index (κ3) is 5.48. The number of anilines is 1. The summed E-state index contributed by atoms with van der Waals surface area (Å²) in [7, 11) is 3.40. The van der Waals surface area contributed by atoms with Crippen LogP contribution in [0.15, 0.2) is 77.3 Å². The van der Waals surface area contributed by atoms with Crippen LogP contribution in [0.1, 0.15) is 28.7 Å². The second-order valence-electron chi connectivity index (χ2n) is 10.2. The fourth-order valence-electron chi connectivity index (χ4n) is 5.37. The number of nitrogens with one attached hydrogen (secondary N) is 1. The molecule has 214 valence electrons.